The number of aryl methyl sites for hydroxylation is 1. The summed E-state index contributed by atoms with van der Waals surface area (Å²) in [5.74, 6) is -1.01. The number of nitrogens with one attached hydrogen (secondary N) is 1. The van der Waals surface area contributed by atoms with Gasteiger partial charge in [-0.1, -0.05) is 12.1 Å². The third-order valence-electron chi connectivity index (χ3n) is 3.73. The van der Waals surface area contributed by atoms with Gasteiger partial charge in [0, 0.05) is 22.4 Å². The summed E-state index contributed by atoms with van der Waals surface area (Å²) in [5, 5.41) is 13.1. The lowest BCUT2D eigenvalue weighted by Gasteiger charge is -2.22. The number of alkyl carbamates (subject to hydrolysis) is 1. The molecule has 0 spiro atoms. The molecule has 0 aliphatic rings. The van der Waals surface area contributed by atoms with Crippen molar-refractivity contribution >= 4 is 38.9 Å². The second-order valence-corrected chi connectivity index (χ2v) is 7.86. The van der Waals surface area contributed by atoms with E-state index in [-0.39, 0.29) is 18.3 Å². The molecule has 1 heterocycles. The summed E-state index contributed by atoms with van der Waals surface area (Å²) in [6.07, 6.45) is -0.525. The summed E-state index contributed by atoms with van der Waals surface area (Å²) < 4.78 is 7.81. The van der Waals surface area contributed by atoms with Crippen LogP contribution in [0.2, 0.25) is 0 Å². The molecule has 0 fully saturated rings. The van der Waals surface area contributed by atoms with E-state index >= 15 is 0 Å². The Hall–Kier alpha value is -2.02. The molecular formula is C18H23BrN2O4. The van der Waals surface area contributed by atoms with Crippen LogP contribution in [-0.2, 0) is 4.74 Å². The van der Waals surface area contributed by atoms with Crippen molar-refractivity contribution in [1.82, 2.24) is 9.88 Å². The van der Waals surface area contributed by atoms with E-state index in [1.807, 2.05) is 26.0 Å². The topological polar surface area (TPSA) is 80.6 Å². The molecule has 2 rings (SSSR count). The molecule has 0 saturated heterocycles. The van der Waals surface area contributed by atoms with Gasteiger partial charge >= 0.3 is 12.1 Å². The first-order valence-corrected chi connectivity index (χ1v) is 8.80. The Morgan fingerprint density at radius 3 is 2.56 bits per heavy atom. The van der Waals surface area contributed by atoms with Gasteiger partial charge in [-0.05, 0) is 62.2 Å². The molecule has 0 aliphatic carbocycles. The quantitative estimate of drug-likeness (QED) is 0.777. The molecule has 0 saturated carbocycles. The van der Waals surface area contributed by atoms with Crippen molar-refractivity contribution in [2.75, 3.05) is 6.54 Å². The van der Waals surface area contributed by atoms with Gasteiger partial charge < -0.3 is 19.7 Å². The molecule has 136 valence electrons. The van der Waals surface area contributed by atoms with Crippen LogP contribution in [0.5, 0.6) is 0 Å². The van der Waals surface area contributed by atoms with E-state index in [2.05, 4.69) is 21.2 Å². The standard InChI is InChI=1S/C18H23BrN2O4/c1-10-6-7-12-8-13(16(22)23)21(15(12)14(10)19)11(2)9-20-17(24)25-18(3,4)5/h6-8,11H,9H2,1-5H3,(H,20,24)(H,22,23). The number of fused-ring (bicyclic) bond motifs is 1. The van der Waals surface area contributed by atoms with Gasteiger partial charge in [-0.3, -0.25) is 0 Å². The van der Waals surface area contributed by atoms with Crippen LogP contribution in [0, 0.1) is 6.92 Å². The van der Waals surface area contributed by atoms with E-state index in [0.717, 1.165) is 20.9 Å². The molecule has 0 bridgehead atoms. The van der Waals surface area contributed by atoms with Gasteiger partial charge in [0.1, 0.15) is 11.3 Å². The molecular weight excluding hydrogens is 388 g/mol. The third-order valence-corrected chi connectivity index (χ3v) is 4.73. The van der Waals surface area contributed by atoms with E-state index in [1.165, 1.54) is 0 Å². The van der Waals surface area contributed by atoms with Crippen molar-refractivity contribution < 1.29 is 19.4 Å². The molecule has 7 heteroatoms. The van der Waals surface area contributed by atoms with Crippen LogP contribution in [0.1, 0.15) is 49.8 Å². The SMILES string of the molecule is Cc1ccc2cc(C(=O)O)n(C(C)CNC(=O)OC(C)(C)C)c2c1Br. The van der Waals surface area contributed by atoms with Crippen LogP contribution in [0.15, 0.2) is 22.7 Å². The molecule has 1 aromatic carbocycles. The van der Waals surface area contributed by atoms with Crippen LogP contribution in [-0.4, -0.2) is 33.9 Å². The van der Waals surface area contributed by atoms with Crippen LogP contribution in [0.4, 0.5) is 4.79 Å². The average Bonchev–Trinajstić information content (AvgIpc) is 2.87. The normalized spacial score (nSPS) is 12.9. The minimum atomic E-state index is -1.01. The summed E-state index contributed by atoms with van der Waals surface area (Å²) in [5.41, 5.74) is 1.41. The Morgan fingerprint density at radius 2 is 2.00 bits per heavy atom. The Bertz CT molecular complexity index is 821. The number of ether oxygens (including phenoxy) is 1. The van der Waals surface area contributed by atoms with Crippen molar-refractivity contribution in [2.45, 2.75) is 46.3 Å². The third kappa shape index (κ3) is 4.34. The van der Waals surface area contributed by atoms with Gasteiger partial charge in [-0.15, -0.1) is 0 Å². The van der Waals surface area contributed by atoms with Gasteiger partial charge in [0.2, 0.25) is 0 Å². The predicted molar refractivity (Wildman–Crippen MR) is 100 cm³/mol. The summed E-state index contributed by atoms with van der Waals surface area (Å²) in [6.45, 7) is 9.43. The van der Waals surface area contributed by atoms with Gasteiger partial charge in [-0.25, -0.2) is 9.59 Å². The molecule has 25 heavy (non-hydrogen) atoms. The lowest BCUT2D eigenvalue weighted by Crippen LogP contribution is -2.35. The highest BCUT2D eigenvalue weighted by atomic mass is 79.9. The molecule has 0 radical (unpaired) electrons. The Morgan fingerprint density at radius 1 is 1.36 bits per heavy atom. The summed E-state index contributed by atoms with van der Waals surface area (Å²) >= 11 is 3.56. The summed E-state index contributed by atoms with van der Waals surface area (Å²) in [7, 11) is 0. The maximum atomic E-state index is 11.9. The van der Waals surface area contributed by atoms with Crippen LogP contribution in [0.25, 0.3) is 10.9 Å². The number of carbonyl (C=O) groups excluding carboxylic acids is 1. The number of carbonyl (C=O) groups is 2. The Labute approximate surface area is 155 Å². The first-order valence-electron chi connectivity index (χ1n) is 8.01. The van der Waals surface area contributed by atoms with Crippen molar-refractivity contribution in [1.29, 1.82) is 0 Å². The predicted octanol–water partition coefficient (Wildman–Crippen LogP) is 4.50. The second-order valence-electron chi connectivity index (χ2n) is 7.07. The van der Waals surface area contributed by atoms with Gasteiger partial charge in [0.15, 0.2) is 0 Å². The van der Waals surface area contributed by atoms with E-state index in [0.29, 0.717) is 0 Å². The van der Waals surface area contributed by atoms with E-state index < -0.39 is 17.7 Å². The zero-order chi connectivity index (χ0) is 18.9. The van der Waals surface area contributed by atoms with Crippen LogP contribution >= 0.6 is 15.9 Å². The lowest BCUT2D eigenvalue weighted by molar-refractivity contribution is 0.0521. The first kappa shape index (κ1) is 19.3. The number of benzene rings is 1. The number of carboxylic acid groups (broad SMARTS) is 1. The Balaban J connectivity index is 2.35. The Kier molecular flexibility index (Phi) is 5.46. The number of aromatic carboxylic acids is 1. The molecule has 0 aliphatic heterocycles. The summed E-state index contributed by atoms with van der Waals surface area (Å²) in [6, 6.07) is 5.21. The molecule has 2 aromatic rings. The molecule has 2 N–H and O–H groups in total. The zero-order valence-electron chi connectivity index (χ0n) is 15.0. The van der Waals surface area contributed by atoms with Gasteiger partial charge in [0.25, 0.3) is 0 Å². The van der Waals surface area contributed by atoms with Crippen molar-refractivity contribution in [2.24, 2.45) is 0 Å². The number of rotatable bonds is 4. The second kappa shape index (κ2) is 7.07. The highest BCUT2D eigenvalue weighted by molar-refractivity contribution is 9.10. The lowest BCUT2D eigenvalue weighted by atomic mass is 10.2. The zero-order valence-corrected chi connectivity index (χ0v) is 16.6. The highest BCUT2D eigenvalue weighted by Crippen LogP contribution is 2.32. The molecule has 1 unspecified atom stereocenters. The van der Waals surface area contributed by atoms with Crippen LogP contribution < -0.4 is 5.32 Å². The number of hydrogen-bond acceptors (Lipinski definition) is 3. The number of carboxylic acids is 1. The fourth-order valence-corrected chi connectivity index (χ4v) is 3.19. The average molecular weight is 411 g/mol. The van der Waals surface area contributed by atoms with Crippen molar-refractivity contribution in [3.8, 4) is 0 Å². The van der Waals surface area contributed by atoms with E-state index in [9.17, 15) is 14.7 Å². The number of halogens is 1. The monoisotopic (exact) mass is 410 g/mol. The fraction of sp³-hybridized carbons (Fsp3) is 0.444. The fourth-order valence-electron chi connectivity index (χ4n) is 2.64. The molecule has 1 atom stereocenters. The number of amides is 1. The number of nitrogens with zero attached hydrogens (tertiary/aromatic N) is 1. The van der Waals surface area contributed by atoms with Crippen molar-refractivity contribution in [3.05, 3.63) is 33.9 Å². The first-order chi connectivity index (χ1) is 11.5. The number of hydrogen-bond donors (Lipinski definition) is 2. The van der Waals surface area contributed by atoms with Gasteiger partial charge in [0.05, 0.1) is 5.52 Å². The van der Waals surface area contributed by atoms with Crippen molar-refractivity contribution in [3.63, 3.8) is 0 Å². The maximum Gasteiger partial charge on any atom is 0.407 e. The van der Waals surface area contributed by atoms with E-state index in [1.54, 1.807) is 31.4 Å². The van der Waals surface area contributed by atoms with Crippen LogP contribution in [0.3, 0.4) is 0 Å². The molecule has 6 nitrogen and oxygen atoms in total. The maximum absolute atomic E-state index is 11.9. The highest BCUT2D eigenvalue weighted by Gasteiger charge is 2.22. The van der Waals surface area contributed by atoms with E-state index in [4.69, 9.17) is 4.74 Å². The summed E-state index contributed by atoms with van der Waals surface area (Å²) in [4.78, 5) is 23.5. The number of aromatic nitrogens is 1. The minimum Gasteiger partial charge on any atom is -0.477 e. The molecule has 1 aromatic heterocycles. The minimum absolute atomic E-state index is 0.180. The molecule has 1 amide bonds. The van der Waals surface area contributed by atoms with Gasteiger partial charge in [-0.2, -0.15) is 0 Å². The smallest absolute Gasteiger partial charge is 0.407 e. The largest absolute Gasteiger partial charge is 0.477 e.